The molecule has 1 aromatic carbocycles. The third kappa shape index (κ3) is 3.10. The first-order valence-corrected chi connectivity index (χ1v) is 9.15. The number of aromatic amines is 1. The number of unbranched alkanes of at least 4 members (excludes halogenated alkanes) is 4. The van der Waals surface area contributed by atoms with Gasteiger partial charge in [-0.1, -0.05) is 39.5 Å². The maximum Gasteiger partial charge on any atom is 0.274 e. The molecule has 0 fully saturated rings. The molecule has 1 aliphatic rings. The number of hydrogen-bond acceptors (Lipinski definition) is 2. The Labute approximate surface area is 142 Å². The van der Waals surface area contributed by atoms with E-state index >= 15 is 0 Å². The van der Waals surface area contributed by atoms with Gasteiger partial charge in [0.1, 0.15) is 0 Å². The molecule has 3 rings (SSSR count). The minimum atomic E-state index is -0.0921. The van der Waals surface area contributed by atoms with Gasteiger partial charge in [0.25, 0.3) is 5.91 Å². The van der Waals surface area contributed by atoms with Crippen molar-refractivity contribution in [1.82, 2.24) is 4.98 Å². The third-order valence-corrected chi connectivity index (χ3v) is 4.87. The lowest BCUT2D eigenvalue weighted by Gasteiger charge is -2.00. The summed E-state index contributed by atoms with van der Waals surface area (Å²) in [6.07, 6.45) is 8.26. The van der Waals surface area contributed by atoms with Crippen molar-refractivity contribution >= 4 is 22.4 Å². The Morgan fingerprint density at radius 3 is 2.46 bits per heavy atom. The molecule has 0 radical (unpaired) electrons. The monoisotopic (exact) mass is 326 g/mol. The van der Waals surface area contributed by atoms with Gasteiger partial charge in [-0.05, 0) is 37.8 Å². The Balaban J connectivity index is 2.02. The number of aromatic hydroxyl groups is 1. The Kier molecular flexibility index (Phi) is 5.03. The van der Waals surface area contributed by atoms with Gasteiger partial charge < -0.3 is 10.1 Å². The zero-order chi connectivity index (χ0) is 17.1. The summed E-state index contributed by atoms with van der Waals surface area (Å²) < 4.78 is 0. The maximum atomic E-state index is 12.2. The van der Waals surface area contributed by atoms with E-state index in [-0.39, 0.29) is 11.8 Å². The van der Waals surface area contributed by atoms with Gasteiger partial charge in [0.05, 0.1) is 5.36 Å². The normalized spacial score (nSPS) is 13.6. The lowest BCUT2D eigenvalue weighted by Crippen LogP contribution is -2.23. The van der Waals surface area contributed by atoms with Crippen LogP contribution in [0.1, 0.15) is 64.4 Å². The van der Waals surface area contributed by atoms with Crippen LogP contribution in [0.5, 0.6) is 5.88 Å². The molecule has 0 unspecified atom stereocenters. The molecule has 1 amide bonds. The van der Waals surface area contributed by atoms with Crippen LogP contribution in [0.15, 0.2) is 17.1 Å². The van der Waals surface area contributed by atoms with Gasteiger partial charge in [-0.3, -0.25) is 4.79 Å². The average Bonchev–Trinajstić information content (AvgIpc) is 3.02. The maximum absolute atomic E-state index is 12.2. The highest BCUT2D eigenvalue weighted by Gasteiger charge is 2.18. The number of hydrogen-bond donors (Lipinski definition) is 2. The smallest absolute Gasteiger partial charge is 0.274 e. The van der Waals surface area contributed by atoms with E-state index < -0.39 is 0 Å². The van der Waals surface area contributed by atoms with Crippen LogP contribution >= 0.6 is 0 Å². The van der Waals surface area contributed by atoms with Crippen LogP contribution in [0.4, 0.5) is 0 Å². The number of aromatic nitrogens is 1. The second-order valence-electron chi connectivity index (χ2n) is 6.68. The number of fused-ring (bicyclic) bond motifs is 2. The lowest BCUT2D eigenvalue weighted by molar-refractivity contribution is -0.112. The average molecular weight is 326 g/mol. The predicted octanol–water partition coefficient (Wildman–Crippen LogP) is 3.50. The van der Waals surface area contributed by atoms with Crippen LogP contribution in [-0.4, -0.2) is 16.0 Å². The molecular weight excluding hydrogens is 300 g/mol. The number of carbonyl (C=O) groups excluding carboxylic acids is 1. The van der Waals surface area contributed by atoms with E-state index in [1.54, 1.807) is 0 Å². The molecular formula is C20H26N2O2. The van der Waals surface area contributed by atoms with E-state index in [0.29, 0.717) is 0 Å². The second-order valence-corrected chi connectivity index (χ2v) is 6.68. The van der Waals surface area contributed by atoms with Crippen molar-refractivity contribution in [3.63, 3.8) is 0 Å². The van der Waals surface area contributed by atoms with E-state index in [0.717, 1.165) is 84.0 Å². The summed E-state index contributed by atoms with van der Waals surface area (Å²) in [7, 11) is 0. The van der Waals surface area contributed by atoms with Crippen molar-refractivity contribution in [1.29, 1.82) is 0 Å². The molecule has 0 atom stereocenters. The highest BCUT2D eigenvalue weighted by molar-refractivity contribution is 6.15. The molecule has 2 aromatic rings. The number of carbonyl (C=O) groups is 1. The van der Waals surface area contributed by atoms with Crippen molar-refractivity contribution in [2.24, 2.45) is 4.99 Å². The van der Waals surface area contributed by atoms with Crippen LogP contribution in [0.2, 0.25) is 0 Å². The van der Waals surface area contributed by atoms with E-state index in [4.69, 9.17) is 0 Å². The third-order valence-electron chi connectivity index (χ3n) is 4.87. The number of rotatable bonds is 8. The lowest BCUT2D eigenvalue weighted by atomic mass is 10.0. The van der Waals surface area contributed by atoms with E-state index in [1.165, 1.54) is 0 Å². The van der Waals surface area contributed by atoms with Crippen LogP contribution in [-0.2, 0) is 11.2 Å². The van der Waals surface area contributed by atoms with Gasteiger partial charge in [0.15, 0.2) is 5.88 Å². The Bertz CT molecular complexity index is 877. The van der Waals surface area contributed by atoms with Crippen molar-refractivity contribution in [2.45, 2.75) is 65.2 Å². The number of H-pyrrole nitrogens is 1. The minimum absolute atomic E-state index is 0.0921. The van der Waals surface area contributed by atoms with Crippen LogP contribution in [0.3, 0.4) is 0 Å². The molecule has 4 nitrogen and oxygen atoms in total. The van der Waals surface area contributed by atoms with Gasteiger partial charge in [-0.2, -0.15) is 0 Å². The molecule has 24 heavy (non-hydrogen) atoms. The standard InChI is InChI=1S/C20H26N2O2/c1-3-5-7-9-13-15-11-18-16(12-17(15)21-19(13)23)14(20(24)22-18)10-8-6-4-2/h11-12,21,23H,3-10H2,1-2H3. The highest BCUT2D eigenvalue weighted by atomic mass is 16.3. The number of benzene rings is 1. The van der Waals surface area contributed by atoms with E-state index in [9.17, 15) is 9.90 Å². The fourth-order valence-corrected chi connectivity index (χ4v) is 3.50. The summed E-state index contributed by atoms with van der Waals surface area (Å²) in [5.41, 5.74) is 2.67. The number of amides is 1. The Morgan fingerprint density at radius 1 is 1.04 bits per heavy atom. The predicted molar refractivity (Wildman–Crippen MR) is 96.5 cm³/mol. The molecule has 2 heterocycles. The van der Waals surface area contributed by atoms with Crippen molar-refractivity contribution in [2.75, 3.05) is 0 Å². The van der Waals surface area contributed by atoms with Gasteiger partial charge in [0.2, 0.25) is 0 Å². The van der Waals surface area contributed by atoms with Crippen molar-refractivity contribution in [3.8, 4) is 5.88 Å². The summed E-state index contributed by atoms with van der Waals surface area (Å²) >= 11 is 0. The van der Waals surface area contributed by atoms with Gasteiger partial charge in [-0.25, -0.2) is 4.99 Å². The van der Waals surface area contributed by atoms with Gasteiger partial charge in [0, 0.05) is 27.3 Å². The first-order chi connectivity index (χ1) is 11.7. The molecule has 0 saturated carbocycles. The zero-order valence-electron chi connectivity index (χ0n) is 14.6. The van der Waals surface area contributed by atoms with Crippen molar-refractivity contribution < 1.29 is 9.90 Å². The Hall–Kier alpha value is -2.10. The number of aryl methyl sites for hydroxylation is 1. The van der Waals surface area contributed by atoms with Crippen LogP contribution < -0.4 is 10.6 Å². The minimum Gasteiger partial charge on any atom is -0.494 e. The summed E-state index contributed by atoms with van der Waals surface area (Å²) in [6, 6.07) is 3.95. The fraction of sp³-hybridized carbons (Fsp3) is 0.500. The quantitative estimate of drug-likeness (QED) is 0.729. The SMILES string of the molecule is CCCCCC1=c2cc3[nH]c(O)c(CCCCC)c3cc2=NC1=O. The Morgan fingerprint density at radius 2 is 1.75 bits per heavy atom. The summed E-state index contributed by atoms with van der Waals surface area (Å²) in [5, 5.41) is 12.9. The largest absolute Gasteiger partial charge is 0.494 e. The van der Waals surface area contributed by atoms with Crippen LogP contribution in [0.25, 0.3) is 16.5 Å². The number of nitrogens with one attached hydrogen (secondary N) is 1. The molecule has 0 spiro atoms. The van der Waals surface area contributed by atoms with Gasteiger partial charge >= 0.3 is 0 Å². The molecule has 0 aliphatic carbocycles. The highest BCUT2D eigenvalue weighted by Crippen LogP contribution is 2.27. The first-order valence-electron chi connectivity index (χ1n) is 9.15. The molecule has 0 saturated heterocycles. The van der Waals surface area contributed by atoms with Crippen LogP contribution in [0, 0.1) is 0 Å². The number of nitrogens with zero attached hydrogens (tertiary/aromatic N) is 1. The zero-order valence-corrected chi connectivity index (χ0v) is 14.6. The fourth-order valence-electron chi connectivity index (χ4n) is 3.50. The summed E-state index contributed by atoms with van der Waals surface area (Å²) in [4.78, 5) is 19.5. The molecule has 128 valence electrons. The summed E-state index contributed by atoms with van der Waals surface area (Å²) in [5.74, 6) is 0.161. The molecule has 0 bridgehead atoms. The molecule has 4 heteroatoms. The first kappa shape index (κ1) is 16.7. The van der Waals surface area contributed by atoms with E-state index in [2.05, 4.69) is 23.8 Å². The summed E-state index contributed by atoms with van der Waals surface area (Å²) in [6.45, 7) is 4.33. The topological polar surface area (TPSA) is 65.4 Å². The van der Waals surface area contributed by atoms with Gasteiger partial charge in [-0.15, -0.1) is 0 Å². The molecule has 1 aliphatic heterocycles. The van der Waals surface area contributed by atoms with Crippen molar-refractivity contribution in [3.05, 3.63) is 28.3 Å². The molecule has 1 aromatic heterocycles. The van der Waals surface area contributed by atoms with E-state index in [1.807, 2.05) is 12.1 Å². The molecule has 2 N–H and O–H groups in total. The second kappa shape index (κ2) is 7.20.